The van der Waals surface area contributed by atoms with Crippen LogP contribution in [0, 0.1) is 0 Å². The Kier molecular flexibility index (Phi) is 3.52. The maximum atomic E-state index is 10.4. The molecule has 3 nitrogen and oxygen atoms in total. The molecule has 0 aromatic carbocycles. The number of ether oxygens (including phenoxy) is 2. The molecule has 0 amide bonds. The van der Waals surface area contributed by atoms with Crippen LogP contribution in [0.25, 0.3) is 0 Å². The van der Waals surface area contributed by atoms with Gasteiger partial charge in [0.05, 0.1) is 13.2 Å². The van der Waals surface area contributed by atoms with Gasteiger partial charge in [0, 0.05) is 0 Å². The molecular weight excluding hydrogens is 144 g/mol. The molecule has 1 heterocycles. The van der Waals surface area contributed by atoms with E-state index in [-0.39, 0.29) is 12.2 Å². The third-order valence-corrected chi connectivity index (χ3v) is 1.70. The second-order valence-electron chi connectivity index (χ2n) is 2.76. The minimum Gasteiger partial charge on any atom is -0.376 e. The molecule has 1 fully saturated rings. The van der Waals surface area contributed by atoms with Crippen LogP contribution in [0.1, 0.15) is 19.8 Å². The van der Waals surface area contributed by atoms with E-state index in [0.29, 0.717) is 13.2 Å². The molecule has 1 saturated heterocycles. The van der Waals surface area contributed by atoms with Gasteiger partial charge in [-0.3, -0.25) is 0 Å². The summed E-state index contributed by atoms with van der Waals surface area (Å²) < 4.78 is 10.3. The van der Waals surface area contributed by atoms with Crippen molar-refractivity contribution in [3.8, 4) is 0 Å². The summed E-state index contributed by atoms with van der Waals surface area (Å²) >= 11 is 0. The first-order chi connectivity index (χ1) is 5.36. The van der Waals surface area contributed by atoms with Crippen LogP contribution >= 0.6 is 0 Å². The van der Waals surface area contributed by atoms with Crippen molar-refractivity contribution in [2.24, 2.45) is 0 Å². The molecule has 1 aliphatic heterocycles. The molecule has 0 aromatic rings. The lowest BCUT2D eigenvalue weighted by molar-refractivity contribution is -0.160. The number of hydrogen-bond donors (Lipinski definition) is 0. The van der Waals surface area contributed by atoms with E-state index in [0.717, 1.165) is 19.1 Å². The van der Waals surface area contributed by atoms with Crippen LogP contribution in [-0.4, -0.2) is 31.7 Å². The summed E-state index contributed by atoms with van der Waals surface area (Å²) in [5.41, 5.74) is 0. The van der Waals surface area contributed by atoms with Crippen molar-refractivity contribution in [2.75, 3.05) is 13.2 Å². The fourth-order valence-corrected chi connectivity index (χ4v) is 0.993. The predicted octanol–water partition coefficient (Wildman–Crippen LogP) is 0.769. The molecule has 1 aliphatic rings. The molecule has 3 heteroatoms. The minimum atomic E-state index is -0.214. The van der Waals surface area contributed by atoms with Gasteiger partial charge < -0.3 is 14.3 Å². The monoisotopic (exact) mass is 158 g/mol. The molecule has 64 valence electrons. The topological polar surface area (TPSA) is 35.5 Å². The quantitative estimate of drug-likeness (QED) is 0.554. The lowest BCUT2D eigenvalue weighted by Crippen LogP contribution is -2.39. The van der Waals surface area contributed by atoms with Gasteiger partial charge in [-0.1, -0.05) is 13.3 Å². The Morgan fingerprint density at radius 2 is 2.45 bits per heavy atom. The maximum Gasteiger partial charge on any atom is 0.148 e. The van der Waals surface area contributed by atoms with Crippen molar-refractivity contribution in [3.05, 3.63) is 0 Å². The van der Waals surface area contributed by atoms with Crippen molar-refractivity contribution >= 4 is 6.29 Å². The maximum absolute atomic E-state index is 10.4. The zero-order valence-corrected chi connectivity index (χ0v) is 6.79. The number of rotatable bonds is 5. The fourth-order valence-electron chi connectivity index (χ4n) is 0.993. The summed E-state index contributed by atoms with van der Waals surface area (Å²) in [6.45, 7) is 3.33. The normalized spacial score (nSPS) is 20.8. The van der Waals surface area contributed by atoms with Gasteiger partial charge >= 0.3 is 0 Å². The van der Waals surface area contributed by atoms with Crippen LogP contribution < -0.4 is 0 Å². The molecule has 0 aliphatic carbocycles. The Morgan fingerprint density at radius 3 is 2.82 bits per heavy atom. The van der Waals surface area contributed by atoms with Crippen LogP contribution in [0.3, 0.4) is 0 Å². The van der Waals surface area contributed by atoms with Crippen molar-refractivity contribution in [1.29, 1.82) is 0 Å². The standard InChI is InChI=1S/C8H14O3/c1-2-3-7(4-9)11-8-5-10-6-8/h4,7-8H,2-3,5-6H2,1H3. The SMILES string of the molecule is CCCC(C=O)OC1COC1. The first-order valence-corrected chi connectivity index (χ1v) is 4.05. The van der Waals surface area contributed by atoms with Crippen molar-refractivity contribution < 1.29 is 14.3 Å². The van der Waals surface area contributed by atoms with Crippen LogP contribution in [0.2, 0.25) is 0 Å². The third kappa shape index (κ3) is 2.60. The highest BCUT2D eigenvalue weighted by Gasteiger charge is 2.22. The molecule has 0 aromatic heterocycles. The van der Waals surface area contributed by atoms with Gasteiger partial charge in [0.25, 0.3) is 0 Å². The van der Waals surface area contributed by atoms with E-state index < -0.39 is 0 Å². The minimum absolute atomic E-state index is 0.164. The fraction of sp³-hybridized carbons (Fsp3) is 0.875. The van der Waals surface area contributed by atoms with Crippen molar-refractivity contribution in [1.82, 2.24) is 0 Å². The molecular formula is C8H14O3. The van der Waals surface area contributed by atoms with Gasteiger partial charge in [-0.2, -0.15) is 0 Å². The van der Waals surface area contributed by atoms with Crippen molar-refractivity contribution in [2.45, 2.75) is 32.0 Å². The average Bonchev–Trinajstić information content (AvgIpc) is 1.94. The van der Waals surface area contributed by atoms with E-state index in [1.165, 1.54) is 0 Å². The Labute approximate surface area is 66.7 Å². The van der Waals surface area contributed by atoms with Crippen LogP contribution in [0.5, 0.6) is 0 Å². The largest absolute Gasteiger partial charge is 0.376 e. The van der Waals surface area contributed by atoms with E-state index in [9.17, 15) is 4.79 Å². The van der Waals surface area contributed by atoms with E-state index in [2.05, 4.69) is 0 Å². The summed E-state index contributed by atoms with van der Waals surface area (Å²) in [5, 5.41) is 0. The number of carbonyl (C=O) groups excluding carboxylic acids is 1. The van der Waals surface area contributed by atoms with Crippen LogP contribution in [0.15, 0.2) is 0 Å². The Hall–Kier alpha value is -0.410. The molecule has 1 atom stereocenters. The highest BCUT2D eigenvalue weighted by Crippen LogP contribution is 2.10. The van der Waals surface area contributed by atoms with Gasteiger partial charge in [-0.15, -0.1) is 0 Å². The molecule has 0 bridgehead atoms. The summed E-state index contributed by atoms with van der Waals surface area (Å²) in [7, 11) is 0. The number of carbonyl (C=O) groups is 1. The van der Waals surface area contributed by atoms with Crippen LogP contribution in [-0.2, 0) is 14.3 Å². The average molecular weight is 158 g/mol. The van der Waals surface area contributed by atoms with Gasteiger partial charge in [0.2, 0.25) is 0 Å². The lowest BCUT2D eigenvalue weighted by Gasteiger charge is -2.28. The lowest BCUT2D eigenvalue weighted by atomic mass is 10.2. The molecule has 11 heavy (non-hydrogen) atoms. The summed E-state index contributed by atoms with van der Waals surface area (Å²) in [5.74, 6) is 0. The molecule has 0 saturated carbocycles. The van der Waals surface area contributed by atoms with E-state index in [1.807, 2.05) is 6.92 Å². The Balaban J connectivity index is 2.13. The molecule has 1 unspecified atom stereocenters. The summed E-state index contributed by atoms with van der Waals surface area (Å²) in [6.07, 6.45) is 2.63. The van der Waals surface area contributed by atoms with E-state index in [1.54, 1.807) is 0 Å². The van der Waals surface area contributed by atoms with Gasteiger partial charge in [0.15, 0.2) is 0 Å². The van der Waals surface area contributed by atoms with Gasteiger partial charge in [0.1, 0.15) is 18.5 Å². The Bertz CT molecular complexity index is 121. The number of aldehydes is 1. The van der Waals surface area contributed by atoms with E-state index >= 15 is 0 Å². The van der Waals surface area contributed by atoms with Gasteiger partial charge in [-0.05, 0) is 6.42 Å². The highest BCUT2D eigenvalue weighted by atomic mass is 16.6. The van der Waals surface area contributed by atoms with Crippen LogP contribution in [0.4, 0.5) is 0 Å². The Morgan fingerprint density at radius 1 is 1.73 bits per heavy atom. The van der Waals surface area contributed by atoms with E-state index in [4.69, 9.17) is 9.47 Å². The zero-order valence-electron chi connectivity index (χ0n) is 6.79. The third-order valence-electron chi connectivity index (χ3n) is 1.70. The first kappa shape index (κ1) is 8.68. The smallest absolute Gasteiger partial charge is 0.148 e. The second kappa shape index (κ2) is 4.46. The molecule has 0 spiro atoms. The zero-order chi connectivity index (χ0) is 8.10. The predicted molar refractivity (Wildman–Crippen MR) is 40.5 cm³/mol. The van der Waals surface area contributed by atoms with Crippen molar-refractivity contribution in [3.63, 3.8) is 0 Å². The molecule has 0 N–H and O–H groups in total. The van der Waals surface area contributed by atoms with Gasteiger partial charge in [-0.25, -0.2) is 0 Å². The molecule has 0 radical (unpaired) electrons. The summed E-state index contributed by atoms with van der Waals surface area (Å²) in [6, 6.07) is 0. The first-order valence-electron chi connectivity index (χ1n) is 4.05. The second-order valence-corrected chi connectivity index (χ2v) is 2.76. The highest BCUT2D eigenvalue weighted by molar-refractivity contribution is 5.55. The summed E-state index contributed by atoms with van der Waals surface area (Å²) in [4.78, 5) is 10.4. The molecule has 1 rings (SSSR count). The number of hydrogen-bond acceptors (Lipinski definition) is 3.